The molecule has 3 heterocycles. The molecule has 0 bridgehead atoms. The summed E-state index contributed by atoms with van der Waals surface area (Å²) in [7, 11) is 0. The molecule has 2 aromatic heterocycles. The molecule has 0 radical (unpaired) electrons. The van der Waals surface area contributed by atoms with Gasteiger partial charge in [-0.1, -0.05) is 30.3 Å². The highest BCUT2D eigenvalue weighted by Crippen LogP contribution is 2.21. The number of aromatic amines is 1. The molecule has 138 valence electrons. The molecule has 2 N–H and O–H groups in total. The lowest BCUT2D eigenvalue weighted by atomic mass is 10.1. The fourth-order valence-corrected chi connectivity index (χ4v) is 3.47. The first kappa shape index (κ1) is 17.4. The van der Waals surface area contributed by atoms with Gasteiger partial charge in [0, 0.05) is 42.8 Å². The second kappa shape index (κ2) is 7.72. The van der Waals surface area contributed by atoms with Crippen molar-refractivity contribution in [2.45, 2.75) is 19.4 Å². The Morgan fingerprint density at radius 3 is 2.81 bits per heavy atom. The number of H-pyrrole nitrogens is 1. The molecule has 1 atom stereocenters. The third-order valence-electron chi connectivity index (χ3n) is 4.91. The van der Waals surface area contributed by atoms with E-state index in [4.69, 9.17) is 0 Å². The van der Waals surface area contributed by atoms with E-state index in [0.29, 0.717) is 18.1 Å². The maximum atomic E-state index is 13.2. The molecule has 0 saturated carbocycles. The van der Waals surface area contributed by atoms with Crippen molar-refractivity contribution in [3.63, 3.8) is 0 Å². The Balaban J connectivity index is 1.57. The van der Waals surface area contributed by atoms with Crippen molar-refractivity contribution in [3.8, 4) is 11.4 Å². The number of rotatable bonds is 3. The predicted octanol–water partition coefficient (Wildman–Crippen LogP) is 2.96. The summed E-state index contributed by atoms with van der Waals surface area (Å²) in [6.07, 6.45) is 4.39. The van der Waals surface area contributed by atoms with Gasteiger partial charge in [-0.25, -0.2) is 4.98 Å². The van der Waals surface area contributed by atoms with Crippen molar-refractivity contribution in [2.24, 2.45) is 0 Å². The minimum atomic E-state index is -0.0245. The van der Waals surface area contributed by atoms with Crippen molar-refractivity contribution in [1.82, 2.24) is 25.2 Å². The number of carbonyl (C=O) groups excluding carboxylic acids is 1. The molecule has 1 saturated heterocycles. The van der Waals surface area contributed by atoms with Crippen LogP contribution in [0.1, 0.15) is 34.2 Å². The van der Waals surface area contributed by atoms with Crippen LogP contribution in [-0.4, -0.2) is 45.4 Å². The fourth-order valence-electron chi connectivity index (χ4n) is 3.47. The number of aromatic nitrogens is 3. The van der Waals surface area contributed by atoms with Crippen molar-refractivity contribution in [2.75, 3.05) is 19.6 Å². The van der Waals surface area contributed by atoms with Crippen LogP contribution in [0.25, 0.3) is 11.4 Å². The second-order valence-electron chi connectivity index (χ2n) is 6.82. The summed E-state index contributed by atoms with van der Waals surface area (Å²) in [6.45, 7) is 4.15. The van der Waals surface area contributed by atoms with Gasteiger partial charge in [0.1, 0.15) is 11.5 Å². The molecule has 0 spiro atoms. The van der Waals surface area contributed by atoms with Crippen LogP contribution in [-0.2, 0) is 0 Å². The zero-order chi connectivity index (χ0) is 18.6. The number of hydrogen-bond acceptors (Lipinski definition) is 4. The van der Waals surface area contributed by atoms with Crippen molar-refractivity contribution in [3.05, 3.63) is 71.8 Å². The third-order valence-corrected chi connectivity index (χ3v) is 4.91. The summed E-state index contributed by atoms with van der Waals surface area (Å²) in [5.41, 5.74) is 3.35. The molecule has 1 unspecified atom stereocenters. The first-order chi connectivity index (χ1) is 13.2. The Morgan fingerprint density at radius 1 is 1.19 bits per heavy atom. The lowest BCUT2D eigenvalue weighted by Crippen LogP contribution is -2.36. The lowest BCUT2D eigenvalue weighted by Gasteiger charge is -2.24. The minimum absolute atomic E-state index is 0.0245. The molecule has 3 aromatic rings. The van der Waals surface area contributed by atoms with Crippen molar-refractivity contribution in [1.29, 1.82) is 0 Å². The molecular formula is C21H23N5O. The highest BCUT2D eigenvalue weighted by atomic mass is 16.2. The monoisotopic (exact) mass is 361 g/mol. The molecule has 1 fully saturated rings. The summed E-state index contributed by atoms with van der Waals surface area (Å²) in [6, 6.07) is 14.2. The summed E-state index contributed by atoms with van der Waals surface area (Å²) in [4.78, 5) is 27.0. The van der Waals surface area contributed by atoms with Gasteiger partial charge in [0.25, 0.3) is 5.91 Å². The maximum absolute atomic E-state index is 13.2. The number of aryl methyl sites for hydroxylation is 1. The summed E-state index contributed by atoms with van der Waals surface area (Å²) >= 11 is 0. The molecule has 27 heavy (non-hydrogen) atoms. The van der Waals surface area contributed by atoms with E-state index in [0.717, 1.165) is 30.8 Å². The zero-order valence-corrected chi connectivity index (χ0v) is 15.4. The number of imidazole rings is 1. The second-order valence-corrected chi connectivity index (χ2v) is 6.82. The fraction of sp³-hybridized carbons (Fsp3) is 0.286. The molecule has 1 amide bonds. The first-order valence-corrected chi connectivity index (χ1v) is 9.27. The van der Waals surface area contributed by atoms with Crippen molar-refractivity contribution < 1.29 is 4.79 Å². The highest BCUT2D eigenvalue weighted by molar-refractivity contribution is 5.94. The Bertz CT molecular complexity index is 907. The van der Waals surface area contributed by atoms with E-state index in [1.165, 1.54) is 5.56 Å². The van der Waals surface area contributed by atoms with Gasteiger partial charge in [-0.3, -0.25) is 9.78 Å². The van der Waals surface area contributed by atoms with Gasteiger partial charge < -0.3 is 15.2 Å². The van der Waals surface area contributed by atoms with Crippen LogP contribution >= 0.6 is 0 Å². The van der Waals surface area contributed by atoms with Gasteiger partial charge in [-0.2, -0.15) is 0 Å². The third kappa shape index (κ3) is 3.75. The smallest absolute Gasteiger partial charge is 0.274 e. The molecular weight excluding hydrogens is 338 g/mol. The standard InChI is InChI=1S/C21H23N5O/c1-15-19(25-20(24-15)17-9-5-10-22-13-17)21(27)26-12-6-11-23-18(14-26)16-7-3-2-4-8-16/h2-5,7-10,13,18,23H,6,11-12,14H2,1H3,(H,24,25). The zero-order valence-electron chi connectivity index (χ0n) is 15.4. The number of carbonyl (C=O) groups is 1. The number of pyridine rings is 1. The average Bonchev–Trinajstić information content (AvgIpc) is 2.94. The van der Waals surface area contributed by atoms with E-state index >= 15 is 0 Å². The summed E-state index contributed by atoms with van der Waals surface area (Å²) in [5.74, 6) is 0.653. The summed E-state index contributed by atoms with van der Waals surface area (Å²) < 4.78 is 0. The van der Waals surface area contributed by atoms with E-state index < -0.39 is 0 Å². The normalized spacial score (nSPS) is 17.5. The maximum Gasteiger partial charge on any atom is 0.274 e. The molecule has 1 aliphatic rings. The first-order valence-electron chi connectivity index (χ1n) is 9.27. The van der Waals surface area contributed by atoms with Gasteiger partial charge in [0.2, 0.25) is 0 Å². The van der Waals surface area contributed by atoms with Gasteiger partial charge in [0.15, 0.2) is 0 Å². The van der Waals surface area contributed by atoms with Crippen LogP contribution in [0, 0.1) is 6.92 Å². The van der Waals surface area contributed by atoms with E-state index in [2.05, 4.69) is 32.4 Å². The van der Waals surface area contributed by atoms with Crippen LogP contribution in [0.15, 0.2) is 54.9 Å². The Hall–Kier alpha value is -2.99. The molecule has 1 aliphatic heterocycles. The number of nitrogens with zero attached hydrogens (tertiary/aromatic N) is 3. The molecule has 6 heteroatoms. The van der Waals surface area contributed by atoms with Crippen molar-refractivity contribution >= 4 is 5.91 Å². The van der Waals surface area contributed by atoms with Crippen LogP contribution in [0.2, 0.25) is 0 Å². The number of amides is 1. The van der Waals surface area contributed by atoms with Gasteiger partial charge in [-0.05, 0) is 37.6 Å². The predicted molar refractivity (Wildman–Crippen MR) is 104 cm³/mol. The van der Waals surface area contributed by atoms with Crippen LogP contribution in [0.3, 0.4) is 0 Å². The number of nitrogens with one attached hydrogen (secondary N) is 2. The Kier molecular flexibility index (Phi) is 4.98. The lowest BCUT2D eigenvalue weighted by molar-refractivity contribution is 0.0747. The van der Waals surface area contributed by atoms with E-state index in [1.807, 2.05) is 42.2 Å². The minimum Gasteiger partial charge on any atom is -0.341 e. The van der Waals surface area contributed by atoms with Crippen LogP contribution in [0.5, 0.6) is 0 Å². The Labute approximate surface area is 158 Å². The molecule has 6 nitrogen and oxygen atoms in total. The SMILES string of the molecule is Cc1[nH]c(-c2cccnc2)nc1C(=O)N1CCCNC(c2ccccc2)C1. The largest absolute Gasteiger partial charge is 0.341 e. The van der Waals surface area contributed by atoms with E-state index in [1.54, 1.807) is 12.4 Å². The molecule has 4 rings (SSSR count). The molecule has 0 aliphatic carbocycles. The molecule has 1 aromatic carbocycles. The van der Waals surface area contributed by atoms with Gasteiger partial charge in [-0.15, -0.1) is 0 Å². The van der Waals surface area contributed by atoms with Crippen LogP contribution < -0.4 is 5.32 Å². The topological polar surface area (TPSA) is 73.9 Å². The quantitative estimate of drug-likeness (QED) is 0.752. The van der Waals surface area contributed by atoms with Gasteiger partial charge in [0.05, 0.1) is 0 Å². The highest BCUT2D eigenvalue weighted by Gasteiger charge is 2.26. The Morgan fingerprint density at radius 2 is 2.04 bits per heavy atom. The van der Waals surface area contributed by atoms with E-state index in [9.17, 15) is 4.79 Å². The number of hydrogen-bond donors (Lipinski definition) is 2. The average molecular weight is 361 g/mol. The number of benzene rings is 1. The van der Waals surface area contributed by atoms with Gasteiger partial charge >= 0.3 is 0 Å². The van der Waals surface area contributed by atoms with Crippen LogP contribution in [0.4, 0.5) is 0 Å². The van der Waals surface area contributed by atoms with E-state index in [-0.39, 0.29) is 11.9 Å². The summed E-state index contributed by atoms with van der Waals surface area (Å²) in [5, 5.41) is 3.55.